The monoisotopic (exact) mass is 336 g/mol. The molecule has 6 nitrogen and oxygen atoms in total. The first-order valence-corrected chi connectivity index (χ1v) is 7.82. The van der Waals surface area contributed by atoms with Crippen LogP contribution < -0.4 is 5.73 Å². The predicted octanol–water partition coefficient (Wildman–Crippen LogP) is 2.20. The second kappa shape index (κ2) is 6.95. The molecule has 2 aromatic rings. The summed E-state index contributed by atoms with van der Waals surface area (Å²) in [5.41, 5.74) is 7.34. The van der Waals surface area contributed by atoms with Crippen molar-refractivity contribution in [2.24, 2.45) is 11.1 Å². The van der Waals surface area contributed by atoms with Gasteiger partial charge < -0.3 is 5.73 Å². The number of hydrogen-bond donors (Lipinski definition) is 1. The number of nitrogens with zero attached hydrogens (tertiary/aromatic N) is 5. The van der Waals surface area contributed by atoms with Crippen LogP contribution in [-0.2, 0) is 0 Å². The Morgan fingerprint density at radius 2 is 1.96 bits per heavy atom. The minimum Gasteiger partial charge on any atom is -0.327 e. The molecule has 1 aliphatic rings. The third-order valence-electron chi connectivity index (χ3n) is 4.76. The zero-order chi connectivity index (χ0) is 15.7. The van der Waals surface area contributed by atoms with Gasteiger partial charge in [0, 0.05) is 19.1 Å². The van der Waals surface area contributed by atoms with Gasteiger partial charge in [0.05, 0.1) is 11.7 Å². The Bertz CT molecular complexity index is 627. The van der Waals surface area contributed by atoms with Gasteiger partial charge in [-0.25, -0.2) is 0 Å². The zero-order valence-corrected chi connectivity index (χ0v) is 14.7. The van der Waals surface area contributed by atoms with E-state index in [0.29, 0.717) is 0 Å². The van der Waals surface area contributed by atoms with Crippen LogP contribution in [0.3, 0.4) is 0 Å². The van der Waals surface area contributed by atoms with E-state index in [9.17, 15) is 0 Å². The zero-order valence-electron chi connectivity index (χ0n) is 13.9. The first-order chi connectivity index (χ1) is 10.5. The molecule has 2 heterocycles. The third kappa shape index (κ3) is 3.54. The number of para-hydroxylation sites is 1. The highest BCUT2D eigenvalue weighted by Crippen LogP contribution is 2.32. The highest BCUT2D eigenvalue weighted by Gasteiger charge is 2.36. The van der Waals surface area contributed by atoms with Crippen LogP contribution >= 0.6 is 12.4 Å². The van der Waals surface area contributed by atoms with Gasteiger partial charge in [0.15, 0.2) is 5.82 Å². The Balaban J connectivity index is 0.00000192. The van der Waals surface area contributed by atoms with Gasteiger partial charge in [-0.05, 0) is 41.3 Å². The third-order valence-corrected chi connectivity index (χ3v) is 4.76. The summed E-state index contributed by atoms with van der Waals surface area (Å²) >= 11 is 0. The lowest BCUT2D eigenvalue weighted by Crippen LogP contribution is -2.53. The summed E-state index contributed by atoms with van der Waals surface area (Å²) in [5, 5.41) is 12.3. The number of rotatable bonds is 3. The minimum atomic E-state index is 0. The lowest BCUT2D eigenvalue weighted by atomic mass is 9.79. The number of piperidine rings is 1. The SMILES string of the molecule is CC(c1nnnn1-c1ccccc1)N1CCC(N)C(C)(C)C1.Cl. The van der Waals surface area contributed by atoms with E-state index in [0.717, 1.165) is 31.0 Å². The molecule has 0 saturated carbocycles. The number of nitrogens with two attached hydrogens (primary N) is 1. The fraction of sp³-hybridized carbons (Fsp3) is 0.562. The van der Waals surface area contributed by atoms with Crippen molar-refractivity contribution in [2.45, 2.75) is 39.3 Å². The Labute approximate surface area is 143 Å². The molecule has 1 aromatic heterocycles. The summed E-state index contributed by atoms with van der Waals surface area (Å²) in [6, 6.07) is 10.4. The molecule has 2 unspecified atom stereocenters. The fourth-order valence-corrected chi connectivity index (χ4v) is 3.12. The van der Waals surface area contributed by atoms with Crippen LogP contribution in [0.5, 0.6) is 0 Å². The molecule has 7 heteroatoms. The molecule has 1 saturated heterocycles. The van der Waals surface area contributed by atoms with Crippen molar-refractivity contribution in [1.82, 2.24) is 25.1 Å². The van der Waals surface area contributed by atoms with Crippen LogP contribution in [0, 0.1) is 5.41 Å². The quantitative estimate of drug-likeness (QED) is 0.930. The second-order valence-corrected chi connectivity index (χ2v) is 6.81. The smallest absolute Gasteiger partial charge is 0.173 e. The number of aromatic nitrogens is 4. The van der Waals surface area contributed by atoms with E-state index in [1.54, 1.807) is 0 Å². The molecular weight excluding hydrogens is 312 g/mol. The lowest BCUT2D eigenvalue weighted by molar-refractivity contribution is 0.0628. The van der Waals surface area contributed by atoms with Crippen molar-refractivity contribution in [3.8, 4) is 5.69 Å². The number of tetrazole rings is 1. The van der Waals surface area contributed by atoms with Gasteiger partial charge in [0.1, 0.15) is 0 Å². The Kier molecular flexibility index (Phi) is 5.39. The van der Waals surface area contributed by atoms with E-state index < -0.39 is 0 Å². The van der Waals surface area contributed by atoms with Crippen LogP contribution in [0.2, 0.25) is 0 Å². The van der Waals surface area contributed by atoms with E-state index in [1.807, 2.05) is 35.0 Å². The van der Waals surface area contributed by atoms with Crippen LogP contribution in [0.25, 0.3) is 5.69 Å². The Hall–Kier alpha value is -1.50. The normalized spacial score (nSPS) is 22.3. The van der Waals surface area contributed by atoms with Crippen LogP contribution in [0.4, 0.5) is 0 Å². The summed E-state index contributed by atoms with van der Waals surface area (Å²) in [7, 11) is 0. The van der Waals surface area contributed by atoms with Gasteiger partial charge in [0.2, 0.25) is 0 Å². The highest BCUT2D eigenvalue weighted by molar-refractivity contribution is 5.85. The predicted molar refractivity (Wildman–Crippen MR) is 92.8 cm³/mol. The maximum Gasteiger partial charge on any atom is 0.173 e. The summed E-state index contributed by atoms with van der Waals surface area (Å²) in [6.45, 7) is 8.57. The van der Waals surface area contributed by atoms with E-state index >= 15 is 0 Å². The molecule has 0 spiro atoms. The molecule has 2 atom stereocenters. The van der Waals surface area contributed by atoms with Gasteiger partial charge in [-0.2, -0.15) is 4.68 Å². The number of hydrogen-bond acceptors (Lipinski definition) is 5. The van der Waals surface area contributed by atoms with Crippen molar-refractivity contribution in [3.05, 3.63) is 36.2 Å². The van der Waals surface area contributed by atoms with Crippen LogP contribution in [-0.4, -0.2) is 44.2 Å². The molecule has 2 N–H and O–H groups in total. The largest absolute Gasteiger partial charge is 0.327 e. The molecule has 1 aromatic carbocycles. The Morgan fingerprint density at radius 1 is 1.26 bits per heavy atom. The van der Waals surface area contributed by atoms with Gasteiger partial charge in [-0.3, -0.25) is 4.90 Å². The molecule has 126 valence electrons. The maximum atomic E-state index is 6.24. The molecule has 0 aliphatic carbocycles. The van der Waals surface area contributed by atoms with E-state index in [2.05, 4.69) is 41.2 Å². The maximum absolute atomic E-state index is 6.24. The van der Waals surface area contributed by atoms with Crippen LogP contribution in [0.15, 0.2) is 30.3 Å². The summed E-state index contributed by atoms with van der Waals surface area (Å²) in [4.78, 5) is 2.43. The molecule has 1 fully saturated rings. The van der Waals surface area contributed by atoms with E-state index in [-0.39, 0.29) is 29.9 Å². The molecule has 0 bridgehead atoms. The first-order valence-electron chi connectivity index (χ1n) is 7.82. The van der Waals surface area contributed by atoms with Crippen molar-refractivity contribution in [1.29, 1.82) is 0 Å². The van der Waals surface area contributed by atoms with Gasteiger partial charge >= 0.3 is 0 Å². The highest BCUT2D eigenvalue weighted by atomic mass is 35.5. The first kappa shape index (κ1) is 17.8. The van der Waals surface area contributed by atoms with Crippen molar-refractivity contribution < 1.29 is 0 Å². The average Bonchev–Trinajstić information content (AvgIpc) is 2.99. The summed E-state index contributed by atoms with van der Waals surface area (Å²) in [5.74, 6) is 0.873. The van der Waals surface area contributed by atoms with Crippen LogP contribution in [0.1, 0.15) is 39.1 Å². The molecule has 0 amide bonds. The summed E-state index contributed by atoms with van der Waals surface area (Å²) < 4.78 is 1.83. The van der Waals surface area contributed by atoms with Gasteiger partial charge in [-0.1, -0.05) is 32.0 Å². The van der Waals surface area contributed by atoms with Crippen molar-refractivity contribution in [2.75, 3.05) is 13.1 Å². The minimum absolute atomic E-state index is 0. The van der Waals surface area contributed by atoms with Crippen molar-refractivity contribution in [3.63, 3.8) is 0 Å². The fourth-order valence-electron chi connectivity index (χ4n) is 3.12. The van der Waals surface area contributed by atoms with Gasteiger partial charge in [-0.15, -0.1) is 17.5 Å². The molecule has 1 aliphatic heterocycles. The van der Waals surface area contributed by atoms with E-state index in [1.165, 1.54) is 0 Å². The van der Waals surface area contributed by atoms with E-state index in [4.69, 9.17) is 5.73 Å². The molecule has 23 heavy (non-hydrogen) atoms. The average molecular weight is 337 g/mol. The molecular formula is C16H25ClN6. The lowest BCUT2D eigenvalue weighted by Gasteiger charge is -2.44. The molecule has 3 rings (SSSR count). The summed E-state index contributed by atoms with van der Waals surface area (Å²) in [6.07, 6.45) is 1.00. The standard InChI is InChI=1S/C16H24N6.ClH/c1-12(21-10-9-14(17)16(2,3)11-21)15-18-19-20-22(15)13-7-5-4-6-8-13;/h4-8,12,14H,9-11,17H2,1-3H3;1H. The van der Waals surface area contributed by atoms with Gasteiger partial charge in [0.25, 0.3) is 0 Å². The number of halogens is 1. The topological polar surface area (TPSA) is 72.9 Å². The number of benzene rings is 1. The second-order valence-electron chi connectivity index (χ2n) is 6.81. The Morgan fingerprint density at radius 3 is 2.61 bits per heavy atom. The molecule has 0 radical (unpaired) electrons. The van der Waals surface area contributed by atoms with Crippen molar-refractivity contribution >= 4 is 12.4 Å². The number of likely N-dealkylation sites (tertiary alicyclic amines) is 1.